The van der Waals surface area contributed by atoms with Gasteiger partial charge in [0.25, 0.3) is 0 Å². The fourth-order valence-electron chi connectivity index (χ4n) is 2.63. The van der Waals surface area contributed by atoms with Gasteiger partial charge in [-0.2, -0.15) is 5.10 Å². The molecule has 1 aromatic carbocycles. The van der Waals surface area contributed by atoms with Gasteiger partial charge < -0.3 is 20.1 Å². The van der Waals surface area contributed by atoms with Crippen molar-refractivity contribution in [1.82, 2.24) is 9.78 Å². The van der Waals surface area contributed by atoms with Crippen LogP contribution in [-0.4, -0.2) is 55.5 Å². The van der Waals surface area contributed by atoms with Gasteiger partial charge in [-0.15, -0.1) is 0 Å². The zero-order valence-corrected chi connectivity index (χ0v) is 15.5. The molecular formula is C15H16BrClN2O4S. The van der Waals surface area contributed by atoms with E-state index in [4.69, 9.17) is 16.3 Å². The summed E-state index contributed by atoms with van der Waals surface area (Å²) in [5.41, 5.74) is -0.683. The molecule has 1 fully saturated rings. The molecule has 1 saturated heterocycles. The maximum Gasteiger partial charge on any atom is 0.136 e. The summed E-state index contributed by atoms with van der Waals surface area (Å²) < 4.78 is 7.89. The smallest absolute Gasteiger partial charge is 0.136 e. The minimum atomic E-state index is -1.09. The van der Waals surface area contributed by atoms with Crippen LogP contribution in [0.25, 0.3) is 0 Å². The van der Waals surface area contributed by atoms with Gasteiger partial charge in [0.15, 0.2) is 0 Å². The van der Waals surface area contributed by atoms with E-state index >= 15 is 0 Å². The Kier molecular flexibility index (Phi) is 5.86. The van der Waals surface area contributed by atoms with E-state index < -0.39 is 29.8 Å². The van der Waals surface area contributed by atoms with Crippen LogP contribution < -0.4 is 0 Å². The summed E-state index contributed by atoms with van der Waals surface area (Å²) in [5, 5.41) is 35.4. The average molecular weight is 436 g/mol. The van der Waals surface area contributed by atoms with Crippen molar-refractivity contribution in [3.8, 4) is 0 Å². The van der Waals surface area contributed by atoms with Crippen molar-refractivity contribution >= 4 is 39.3 Å². The first-order valence-electron chi connectivity index (χ1n) is 7.24. The molecule has 0 amide bonds. The van der Waals surface area contributed by atoms with Crippen molar-refractivity contribution in [1.29, 1.82) is 0 Å². The molecule has 1 aliphatic heterocycles. The van der Waals surface area contributed by atoms with Crippen molar-refractivity contribution in [2.75, 3.05) is 6.61 Å². The summed E-state index contributed by atoms with van der Waals surface area (Å²) in [6, 6.07) is 6.44. The first-order chi connectivity index (χ1) is 11.5. The van der Waals surface area contributed by atoms with E-state index in [0.717, 1.165) is 9.37 Å². The lowest BCUT2D eigenvalue weighted by Crippen LogP contribution is -2.54. The summed E-state index contributed by atoms with van der Waals surface area (Å²) in [5.74, 6) is 0. The van der Waals surface area contributed by atoms with Crippen molar-refractivity contribution in [2.24, 2.45) is 0 Å². The fraction of sp³-hybridized carbons (Fsp3) is 0.400. The second kappa shape index (κ2) is 7.74. The molecule has 0 aliphatic carbocycles. The molecular weight excluding hydrogens is 420 g/mol. The van der Waals surface area contributed by atoms with Crippen LogP contribution in [0.3, 0.4) is 0 Å². The van der Waals surface area contributed by atoms with Crippen molar-refractivity contribution in [3.05, 3.63) is 46.2 Å². The van der Waals surface area contributed by atoms with Crippen LogP contribution in [-0.2, 0) is 4.74 Å². The molecule has 0 bridgehead atoms. The monoisotopic (exact) mass is 434 g/mol. The highest BCUT2D eigenvalue weighted by Crippen LogP contribution is 2.38. The Hall–Kier alpha value is -0.610. The van der Waals surface area contributed by atoms with Crippen molar-refractivity contribution < 1.29 is 20.1 Å². The molecule has 2 heterocycles. The highest BCUT2D eigenvalue weighted by atomic mass is 79.9. The number of aliphatic hydroxyl groups is 3. The number of hydrogen-bond acceptors (Lipinski definition) is 6. The van der Waals surface area contributed by atoms with Crippen LogP contribution in [0.1, 0.15) is 6.04 Å². The summed E-state index contributed by atoms with van der Waals surface area (Å²) in [6.07, 6.45) is 0.296. The van der Waals surface area contributed by atoms with Gasteiger partial charge in [-0.25, -0.2) is 0 Å². The Balaban J connectivity index is 1.86. The number of thioether (sulfide) groups is 1. The van der Waals surface area contributed by atoms with Gasteiger partial charge in [0.05, 0.1) is 17.3 Å². The fourth-order valence-corrected chi connectivity index (χ4v) is 4.31. The molecule has 0 radical (unpaired) electrons. The number of aliphatic hydroxyl groups excluding tert-OH is 3. The maximum atomic E-state index is 10.7. The van der Waals surface area contributed by atoms with E-state index in [1.165, 1.54) is 16.4 Å². The summed E-state index contributed by atoms with van der Waals surface area (Å²) in [6.45, 7) is -0.362. The summed E-state index contributed by atoms with van der Waals surface area (Å²) in [7, 11) is 0. The van der Waals surface area contributed by atoms with Gasteiger partial charge >= 0.3 is 0 Å². The molecule has 2 aromatic rings. The molecule has 6 nitrogen and oxygen atoms in total. The molecule has 0 saturated carbocycles. The normalized spacial score (nSPS) is 30.5. The van der Waals surface area contributed by atoms with E-state index in [1.807, 2.05) is 6.07 Å². The summed E-state index contributed by atoms with van der Waals surface area (Å²) >= 11 is 10.6. The maximum absolute atomic E-state index is 10.7. The third kappa shape index (κ3) is 3.80. The Morgan fingerprint density at radius 2 is 2.12 bits per heavy atom. The third-order valence-corrected chi connectivity index (χ3v) is 5.57. The van der Waals surface area contributed by atoms with Gasteiger partial charge in [0.2, 0.25) is 0 Å². The molecule has 3 N–H and O–H groups in total. The van der Waals surface area contributed by atoms with Gasteiger partial charge in [-0.1, -0.05) is 29.4 Å². The van der Waals surface area contributed by atoms with Crippen LogP contribution in [0.4, 0.5) is 0 Å². The molecule has 24 heavy (non-hydrogen) atoms. The zero-order chi connectivity index (χ0) is 17.3. The largest absolute Gasteiger partial charge is 0.394 e. The number of benzene rings is 1. The van der Waals surface area contributed by atoms with E-state index in [9.17, 15) is 15.3 Å². The molecule has 5 atom stereocenters. The number of rotatable bonds is 4. The third-order valence-electron chi connectivity index (χ3n) is 3.77. The van der Waals surface area contributed by atoms with E-state index in [2.05, 4.69) is 21.0 Å². The molecule has 1 aliphatic rings. The lowest BCUT2D eigenvalue weighted by atomic mass is 9.97. The van der Waals surface area contributed by atoms with Gasteiger partial charge in [-0.05, 0) is 34.1 Å². The molecule has 0 unspecified atom stereocenters. The lowest BCUT2D eigenvalue weighted by molar-refractivity contribution is -0.178. The Morgan fingerprint density at radius 3 is 2.75 bits per heavy atom. The minimum Gasteiger partial charge on any atom is -0.394 e. The van der Waals surface area contributed by atoms with Crippen molar-refractivity contribution in [2.45, 2.75) is 34.7 Å². The van der Waals surface area contributed by atoms with Crippen LogP contribution >= 0.6 is 39.3 Å². The summed E-state index contributed by atoms with van der Waals surface area (Å²) in [4.78, 5) is 0.819. The average Bonchev–Trinajstić information content (AvgIpc) is 2.96. The number of aromatic nitrogens is 2. The first-order valence-corrected chi connectivity index (χ1v) is 9.29. The quantitative estimate of drug-likeness (QED) is 0.681. The van der Waals surface area contributed by atoms with E-state index in [0.29, 0.717) is 5.02 Å². The molecule has 1 aromatic heterocycles. The molecule has 9 heteroatoms. The lowest BCUT2D eigenvalue weighted by Gasteiger charge is -2.42. The van der Waals surface area contributed by atoms with E-state index in [1.54, 1.807) is 30.6 Å². The first kappa shape index (κ1) is 18.2. The number of ether oxygens (including phenoxy) is 1. The number of nitrogens with zero attached hydrogens (tertiary/aromatic N) is 2. The zero-order valence-electron chi connectivity index (χ0n) is 12.4. The second-order valence-corrected chi connectivity index (χ2v) is 7.93. The van der Waals surface area contributed by atoms with Crippen LogP contribution in [0.5, 0.6) is 0 Å². The van der Waals surface area contributed by atoms with Gasteiger partial charge in [0.1, 0.15) is 29.8 Å². The highest BCUT2D eigenvalue weighted by molar-refractivity contribution is 9.10. The van der Waals surface area contributed by atoms with Crippen LogP contribution in [0.15, 0.2) is 46.0 Å². The predicted octanol–water partition coefficient (Wildman–Crippen LogP) is 2.07. The van der Waals surface area contributed by atoms with Crippen molar-refractivity contribution in [3.63, 3.8) is 0 Å². The van der Waals surface area contributed by atoms with Crippen LogP contribution in [0, 0.1) is 0 Å². The van der Waals surface area contributed by atoms with Crippen LogP contribution in [0.2, 0.25) is 5.02 Å². The Bertz CT molecular complexity index is 704. The minimum absolute atomic E-state index is 0.362. The molecule has 3 rings (SSSR count). The topological polar surface area (TPSA) is 87.7 Å². The highest BCUT2D eigenvalue weighted by Gasteiger charge is 2.46. The molecule has 0 spiro atoms. The second-order valence-electron chi connectivity index (χ2n) is 5.41. The van der Waals surface area contributed by atoms with Gasteiger partial charge in [0, 0.05) is 16.1 Å². The standard InChI is InChI=1S/C15H16BrClN2O4S/c16-8-5-18-19(6-8)12-13(21)11(7-20)23-15(14(12)22)24-10-3-1-2-9(17)4-10/h1-6,11-15,20-22H,7H2/t11-,12+,13+,14-,15-/m1/s1. The Morgan fingerprint density at radius 1 is 1.33 bits per heavy atom. The molecule has 130 valence electrons. The van der Waals surface area contributed by atoms with E-state index in [-0.39, 0.29) is 6.61 Å². The van der Waals surface area contributed by atoms with Gasteiger partial charge in [-0.3, -0.25) is 4.68 Å². The Labute approximate surface area is 156 Å². The predicted molar refractivity (Wildman–Crippen MR) is 94.0 cm³/mol. The number of hydrogen-bond donors (Lipinski definition) is 3. The SMILES string of the molecule is OC[C@H]1O[C@H](Sc2cccc(Cl)c2)[C@H](O)[C@@H](n2cc(Br)cn2)[C@H]1O. The number of halogens is 2.